The molecule has 0 aromatic heterocycles. The summed E-state index contributed by atoms with van der Waals surface area (Å²) in [7, 11) is 0. The highest BCUT2D eigenvalue weighted by Crippen LogP contribution is 2.45. The number of halogens is 1. The average molecular weight is 315 g/mol. The molecule has 122 valence electrons. The molecular formula is C19H22FNO2. The largest absolute Gasteiger partial charge is 0.388 e. The van der Waals surface area contributed by atoms with Gasteiger partial charge in [-0.2, -0.15) is 0 Å². The Kier molecular flexibility index (Phi) is 3.82. The number of benzene rings is 1. The fourth-order valence-electron chi connectivity index (χ4n) is 4.57. The second kappa shape index (κ2) is 5.84. The van der Waals surface area contributed by atoms with Crippen LogP contribution in [0.1, 0.15) is 30.9 Å². The molecule has 4 heteroatoms. The van der Waals surface area contributed by atoms with Crippen LogP contribution in [0, 0.1) is 23.6 Å². The highest BCUT2D eigenvalue weighted by atomic mass is 19.1. The minimum atomic E-state index is -0.612. The number of hydrogen-bond acceptors (Lipinski definition) is 3. The first-order chi connectivity index (χ1) is 11.1. The van der Waals surface area contributed by atoms with Gasteiger partial charge in [-0.15, -0.1) is 0 Å². The second-order valence-electron chi connectivity index (χ2n) is 7.08. The quantitative estimate of drug-likeness (QED) is 0.869. The van der Waals surface area contributed by atoms with E-state index in [4.69, 9.17) is 0 Å². The van der Waals surface area contributed by atoms with Gasteiger partial charge in [-0.25, -0.2) is 4.39 Å². The Balaban J connectivity index is 1.42. The normalized spacial score (nSPS) is 33.9. The van der Waals surface area contributed by atoms with Gasteiger partial charge in [0.05, 0.1) is 12.1 Å². The molecule has 0 unspecified atom stereocenters. The predicted molar refractivity (Wildman–Crippen MR) is 85.2 cm³/mol. The lowest BCUT2D eigenvalue weighted by atomic mass is 9.70. The number of carbonyl (C=O) groups is 1. The van der Waals surface area contributed by atoms with Crippen LogP contribution in [-0.4, -0.2) is 34.9 Å². The van der Waals surface area contributed by atoms with Crippen molar-refractivity contribution in [3.63, 3.8) is 0 Å². The SMILES string of the molecule is O=C1[C@@H]2[C@@H]3C=C[C@@H](C3)[C@H]1CCN2CC[C@H](O)c1ccc(F)cc1. The third kappa shape index (κ3) is 2.64. The lowest BCUT2D eigenvalue weighted by Gasteiger charge is -2.45. The molecule has 0 radical (unpaired) electrons. The summed E-state index contributed by atoms with van der Waals surface area (Å²) in [5.74, 6) is 1.15. The number of aliphatic hydroxyl groups excluding tert-OH is 1. The van der Waals surface area contributed by atoms with Crippen LogP contribution in [0.15, 0.2) is 36.4 Å². The molecule has 1 N–H and O–H groups in total. The Bertz CT molecular complexity index is 627. The number of hydrogen-bond donors (Lipinski definition) is 1. The lowest BCUT2D eigenvalue weighted by Crippen LogP contribution is -2.56. The number of piperidine rings is 1. The van der Waals surface area contributed by atoms with Gasteiger partial charge in [0.1, 0.15) is 5.82 Å². The first-order valence-corrected chi connectivity index (χ1v) is 8.53. The van der Waals surface area contributed by atoms with Crippen molar-refractivity contribution in [2.24, 2.45) is 17.8 Å². The van der Waals surface area contributed by atoms with Crippen LogP contribution in [0.5, 0.6) is 0 Å². The summed E-state index contributed by atoms with van der Waals surface area (Å²) in [6.45, 7) is 1.64. The standard InChI is InChI=1S/C19H22FNO2/c20-15-5-3-12(4-6-15)17(22)8-10-21-9-7-16-13-1-2-14(11-13)18(21)19(16)23/h1-6,13-14,16-18,22H,7-11H2/t13-,14+,16+,17-,18-/m0/s1. The van der Waals surface area contributed by atoms with E-state index in [-0.39, 0.29) is 17.8 Å². The summed E-state index contributed by atoms with van der Waals surface area (Å²) in [5, 5.41) is 10.3. The molecule has 2 aliphatic carbocycles. The molecule has 5 atom stereocenters. The summed E-state index contributed by atoms with van der Waals surface area (Å²) in [6, 6.07) is 6.00. The van der Waals surface area contributed by atoms with Crippen LogP contribution in [0.4, 0.5) is 4.39 Å². The number of ketones is 1. The van der Waals surface area contributed by atoms with Crippen molar-refractivity contribution < 1.29 is 14.3 Å². The van der Waals surface area contributed by atoms with Crippen LogP contribution in [0.2, 0.25) is 0 Å². The maximum Gasteiger partial charge on any atom is 0.154 e. The highest BCUT2D eigenvalue weighted by molar-refractivity contribution is 5.89. The van der Waals surface area contributed by atoms with Gasteiger partial charge in [0.2, 0.25) is 0 Å². The van der Waals surface area contributed by atoms with E-state index in [2.05, 4.69) is 17.1 Å². The van der Waals surface area contributed by atoms with E-state index in [9.17, 15) is 14.3 Å². The maximum absolute atomic E-state index is 13.0. The van der Waals surface area contributed by atoms with E-state index >= 15 is 0 Å². The summed E-state index contributed by atoms with van der Waals surface area (Å²) in [5.41, 5.74) is 0.733. The summed E-state index contributed by atoms with van der Waals surface area (Å²) in [6.07, 6.45) is 6.47. The summed E-state index contributed by atoms with van der Waals surface area (Å²) in [4.78, 5) is 14.9. The zero-order valence-electron chi connectivity index (χ0n) is 13.1. The molecular weight excluding hydrogens is 293 g/mol. The lowest BCUT2D eigenvalue weighted by molar-refractivity contribution is -0.138. The Morgan fingerprint density at radius 1 is 1.22 bits per heavy atom. The van der Waals surface area contributed by atoms with E-state index in [0.29, 0.717) is 30.6 Å². The zero-order valence-corrected chi connectivity index (χ0v) is 13.1. The number of nitrogens with zero attached hydrogens (tertiary/aromatic N) is 1. The van der Waals surface area contributed by atoms with E-state index < -0.39 is 6.10 Å². The number of aliphatic hydroxyl groups is 1. The number of carbonyl (C=O) groups excluding carboxylic acids is 1. The monoisotopic (exact) mass is 315 g/mol. The van der Waals surface area contributed by atoms with Gasteiger partial charge in [0.15, 0.2) is 5.78 Å². The van der Waals surface area contributed by atoms with Gasteiger partial charge in [0, 0.05) is 18.4 Å². The van der Waals surface area contributed by atoms with E-state index in [1.807, 2.05) is 0 Å². The highest BCUT2D eigenvalue weighted by Gasteiger charge is 2.49. The molecule has 4 rings (SSSR count). The third-order valence-corrected chi connectivity index (χ3v) is 5.79. The zero-order chi connectivity index (χ0) is 16.0. The molecule has 3 nitrogen and oxygen atoms in total. The minimum absolute atomic E-state index is 0.00386. The number of likely N-dealkylation sites (tertiary alicyclic amines) is 1. The van der Waals surface area contributed by atoms with Crippen molar-refractivity contribution in [2.75, 3.05) is 13.1 Å². The average Bonchev–Trinajstić information content (AvgIpc) is 2.99. The van der Waals surface area contributed by atoms with Crippen LogP contribution in [-0.2, 0) is 4.79 Å². The van der Waals surface area contributed by atoms with Crippen LogP contribution in [0.3, 0.4) is 0 Å². The van der Waals surface area contributed by atoms with Crippen molar-refractivity contribution in [3.8, 4) is 0 Å². The first kappa shape index (κ1) is 15.0. The van der Waals surface area contributed by atoms with E-state index in [0.717, 1.165) is 24.9 Å². The Morgan fingerprint density at radius 2 is 1.96 bits per heavy atom. The molecule has 0 spiro atoms. The smallest absolute Gasteiger partial charge is 0.154 e. The topological polar surface area (TPSA) is 40.5 Å². The molecule has 1 saturated carbocycles. The van der Waals surface area contributed by atoms with Gasteiger partial charge < -0.3 is 5.11 Å². The molecule has 1 aromatic carbocycles. The molecule has 1 heterocycles. The minimum Gasteiger partial charge on any atom is -0.388 e. The van der Waals surface area contributed by atoms with Gasteiger partial charge >= 0.3 is 0 Å². The van der Waals surface area contributed by atoms with Gasteiger partial charge in [-0.3, -0.25) is 9.69 Å². The molecule has 1 aliphatic heterocycles. The van der Waals surface area contributed by atoms with Crippen molar-refractivity contribution in [1.29, 1.82) is 0 Å². The van der Waals surface area contributed by atoms with Gasteiger partial charge in [-0.1, -0.05) is 24.3 Å². The van der Waals surface area contributed by atoms with Crippen molar-refractivity contribution in [1.82, 2.24) is 4.90 Å². The molecule has 4 bridgehead atoms. The van der Waals surface area contributed by atoms with Crippen molar-refractivity contribution in [2.45, 2.75) is 31.4 Å². The van der Waals surface area contributed by atoms with Gasteiger partial charge in [0.25, 0.3) is 0 Å². The van der Waals surface area contributed by atoms with Crippen LogP contribution >= 0.6 is 0 Å². The number of Topliss-reactive ketones (excluding diaryl/α,β-unsaturated/α-hetero) is 1. The number of allylic oxidation sites excluding steroid dienone is 1. The number of fused-ring (bicyclic) bond motifs is 6. The fourth-order valence-corrected chi connectivity index (χ4v) is 4.57. The molecule has 23 heavy (non-hydrogen) atoms. The van der Waals surface area contributed by atoms with Crippen molar-refractivity contribution >= 4 is 5.78 Å². The molecule has 1 saturated heterocycles. The second-order valence-corrected chi connectivity index (χ2v) is 7.08. The molecule has 3 aliphatic rings. The van der Waals surface area contributed by atoms with E-state index in [1.54, 1.807) is 12.1 Å². The van der Waals surface area contributed by atoms with Crippen LogP contribution in [0.25, 0.3) is 0 Å². The van der Waals surface area contributed by atoms with Gasteiger partial charge in [-0.05, 0) is 49.4 Å². The summed E-state index contributed by atoms with van der Waals surface area (Å²) >= 11 is 0. The predicted octanol–water partition coefficient (Wildman–Crippen LogP) is 2.71. The first-order valence-electron chi connectivity index (χ1n) is 8.53. The third-order valence-electron chi connectivity index (χ3n) is 5.79. The molecule has 1 aromatic rings. The Morgan fingerprint density at radius 3 is 2.74 bits per heavy atom. The Labute approximate surface area is 135 Å². The molecule has 2 fully saturated rings. The van der Waals surface area contributed by atoms with E-state index in [1.165, 1.54) is 12.1 Å². The van der Waals surface area contributed by atoms with Crippen molar-refractivity contribution in [3.05, 3.63) is 47.8 Å². The number of rotatable bonds is 4. The summed E-state index contributed by atoms with van der Waals surface area (Å²) < 4.78 is 13.0. The Hall–Kier alpha value is -1.52. The molecule has 0 amide bonds. The maximum atomic E-state index is 13.0. The van der Waals surface area contributed by atoms with Crippen LogP contribution < -0.4 is 0 Å². The fraction of sp³-hybridized carbons (Fsp3) is 0.526.